The van der Waals surface area contributed by atoms with Gasteiger partial charge >= 0.3 is 0 Å². The molecule has 1 aromatic carbocycles. The number of nitrogens with zero attached hydrogens (tertiary/aromatic N) is 1. The quantitative estimate of drug-likeness (QED) is 0.918. The molecule has 0 saturated heterocycles. The number of pyridine rings is 1. The Kier molecular flexibility index (Phi) is 4.13. The van der Waals surface area contributed by atoms with Crippen molar-refractivity contribution in [2.45, 2.75) is 33.8 Å². The van der Waals surface area contributed by atoms with Crippen LogP contribution in [0.4, 0.5) is 5.69 Å². The van der Waals surface area contributed by atoms with E-state index in [0.29, 0.717) is 17.4 Å². The smallest absolute Gasteiger partial charge is 0.240 e. The predicted molar refractivity (Wildman–Crippen MR) is 80.4 cm³/mol. The van der Waals surface area contributed by atoms with Gasteiger partial charge < -0.3 is 15.2 Å². The van der Waals surface area contributed by atoms with E-state index in [9.17, 15) is 0 Å². The molecule has 2 rings (SSSR count). The zero-order valence-corrected chi connectivity index (χ0v) is 12.3. The first-order valence-corrected chi connectivity index (χ1v) is 6.64. The fraction of sp³-hybridized carbons (Fsp3) is 0.312. The van der Waals surface area contributed by atoms with E-state index in [2.05, 4.69) is 11.1 Å². The van der Waals surface area contributed by atoms with Gasteiger partial charge in [0, 0.05) is 6.07 Å². The number of anilines is 1. The molecule has 0 fully saturated rings. The first-order chi connectivity index (χ1) is 9.45. The van der Waals surface area contributed by atoms with E-state index in [4.69, 9.17) is 15.2 Å². The number of aryl methyl sites for hydroxylation is 2. The minimum Gasteiger partial charge on any atom is -0.473 e. The van der Waals surface area contributed by atoms with E-state index in [1.54, 1.807) is 12.1 Å². The van der Waals surface area contributed by atoms with Crippen molar-refractivity contribution in [2.24, 2.45) is 0 Å². The molecular weight excluding hydrogens is 252 g/mol. The van der Waals surface area contributed by atoms with Crippen LogP contribution >= 0.6 is 0 Å². The molecule has 0 radical (unpaired) electrons. The maximum atomic E-state index is 5.84. The number of rotatable bonds is 4. The van der Waals surface area contributed by atoms with E-state index >= 15 is 0 Å². The van der Waals surface area contributed by atoms with E-state index in [1.807, 2.05) is 39.8 Å². The molecule has 0 aliphatic rings. The highest BCUT2D eigenvalue weighted by Gasteiger charge is 2.09. The highest BCUT2D eigenvalue weighted by Crippen LogP contribution is 2.28. The van der Waals surface area contributed by atoms with Gasteiger partial charge in [-0.3, -0.25) is 0 Å². The van der Waals surface area contributed by atoms with Crippen LogP contribution in [0.1, 0.15) is 25.0 Å². The molecule has 0 unspecified atom stereocenters. The summed E-state index contributed by atoms with van der Waals surface area (Å²) in [5.41, 5.74) is 8.61. The molecule has 1 heterocycles. The van der Waals surface area contributed by atoms with E-state index in [-0.39, 0.29) is 6.10 Å². The molecule has 4 nitrogen and oxygen atoms in total. The minimum atomic E-state index is 0.0150. The van der Waals surface area contributed by atoms with Crippen LogP contribution in [0.5, 0.6) is 17.5 Å². The normalized spacial score (nSPS) is 10.7. The Hall–Kier alpha value is -2.23. The van der Waals surface area contributed by atoms with E-state index in [1.165, 1.54) is 5.56 Å². The summed E-state index contributed by atoms with van der Waals surface area (Å²) in [5, 5.41) is 0. The van der Waals surface area contributed by atoms with Crippen LogP contribution < -0.4 is 15.2 Å². The molecule has 0 bridgehead atoms. The molecule has 4 heteroatoms. The molecule has 0 atom stereocenters. The summed E-state index contributed by atoms with van der Waals surface area (Å²) < 4.78 is 11.4. The van der Waals surface area contributed by atoms with Crippen molar-refractivity contribution in [3.63, 3.8) is 0 Å². The Morgan fingerprint density at radius 3 is 2.50 bits per heavy atom. The molecule has 20 heavy (non-hydrogen) atoms. The van der Waals surface area contributed by atoms with Gasteiger partial charge in [0.25, 0.3) is 0 Å². The summed E-state index contributed by atoms with van der Waals surface area (Å²) in [4.78, 5) is 4.30. The maximum absolute atomic E-state index is 5.84. The van der Waals surface area contributed by atoms with Crippen molar-refractivity contribution in [2.75, 3.05) is 5.73 Å². The molecule has 1 aromatic heterocycles. The first-order valence-electron chi connectivity index (χ1n) is 6.64. The lowest BCUT2D eigenvalue weighted by atomic mass is 10.1. The number of ether oxygens (including phenoxy) is 2. The average molecular weight is 272 g/mol. The van der Waals surface area contributed by atoms with Gasteiger partial charge in [0.2, 0.25) is 11.8 Å². The van der Waals surface area contributed by atoms with Crippen LogP contribution in [0.3, 0.4) is 0 Å². The summed E-state index contributed by atoms with van der Waals surface area (Å²) in [7, 11) is 0. The lowest BCUT2D eigenvalue weighted by Crippen LogP contribution is -2.09. The monoisotopic (exact) mass is 272 g/mol. The maximum Gasteiger partial charge on any atom is 0.240 e. The summed E-state index contributed by atoms with van der Waals surface area (Å²) in [6.07, 6.45) is 0.0150. The lowest BCUT2D eigenvalue weighted by molar-refractivity contribution is 0.232. The Morgan fingerprint density at radius 2 is 1.85 bits per heavy atom. The highest BCUT2D eigenvalue weighted by molar-refractivity contribution is 5.50. The average Bonchev–Trinajstić information content (AvgIpc) is 2.36. The highest BCUT2D eigenvalue weighted by atomic mass is 16.5. The largest absolute Gasteiger partial charge is 0.473 e. The molecule has 106 valence electrons. The van der Waals surface area contributed by atoms with Crippen LogP contribution in [0, 0.1) is 13.8 Å². The molecule has 0 saturated carbocycles. The van der Waals surface area contributed by atoms with Crippen LogP contribution in [0.2, 0.25) is 0 Å². The van der Waals surface area contributed by atoms with Crippen molar-refractivity contribution in [3.05, 3.63) is 41.5 Å². The van der Waals surface area contributed by atoms with Crippen molar-refractivity contribution in [1.29, 1.82) is 0 Å². The van der Waals surface area contributed by atoms with E-state index < -0.39 is 0 Å². The number of aromatic nitrogens is 1. The third-order valence-electron chi connectivity index (χ3n) is 2.76. The zero-order valence-electron chi connectivity index (χ0n) is 12.3. The van der Waals surface area contributed by atoms with Gasteiger partial charge in [-0.2, -0.15) is 4.98 Å². The first kappa shape index (κ1) is 14.2. The molecule has 0 aliphatic heterocycles. The standard InChI is InChI=1S/C16H20N2O2/c1-10(2)19-16-13(17)6-8-15(18-16)20-14-7-5-11(3)9-12(14)4/h5-10H,17H2,1-4H3. The Balaban J connectivity index is 2.25. The SMILES string of the molecule is Cc1ccc(Oc2ccc(N)c(OC(C)C)n2)c(C)c1. The second kappa shape index (κ2) is 5.82. The number of benzene rings is 1. The topological polar surface area (TPSA) is 57.4 Å². The molecule has 2 N–H and O–H groups in total. The fourth-order valence-corrected chi connectivity index (χ4v) is 1.84. The fourth-order valence-electron chi connectivity index (χ4n) is 1.84. The third kappa shape index (κ3) is 3.41. The van der Waals surface area contributed by atoms with Gasteiger partial charge in [-0.1, -0.05) is 17.7 Å². The van der Waals surface area contributed by atoms with Crippen LogP contribution in [0.15, 0.2) is 30.3 Å². The van der Waals surface area contributed by atoms with Crippen LogP contribution in [-0.2, 0) is 0 Å². The summed E-state index contributed by atoms with van der Waals surface area (Å²) in [6.45, 7) is 7.91. The Labute approximate surface area is 119 Å². The van der Waals surface area contributed by atoms with Crippen LogP contribution in [0.25, 0.3) is 0 Å². The predicted octanol–water partition coefficient (Wildman–Crippen LogP) is 3.86. The summed E-state index contributed by atoms with van der Waals surface area (Å²) in [5.74, 6) is 1.66. The van der Waals surface area contributed by atoms with Gasteiger partial charge in [0.1, 0.15) is 5.75 Å². The summed E-state index contributed by atoms with van der Waals surface area (Å²) >= 11 is 0. The number of hydrogen-bond donors (Lipinski definition) is 1. The Morgan fingerprint density at radius 1 is 1.10 bits per heavy atom. The van der Waals surface area contributed by atoms with Gasteiger partial charge in [-0.25, -0.2) is 0 Å². The van der Waals surface area contributed by atoms with Crippen molar-refractivity contribution < 1.29 is 9.47 Å². The minimum absolute atomic E-state index is 0.0150. The van der Waals surface area contributed by atoms with Crippen LogP contribution in [-0.4, -0.2) is 11.1 Å². The molecule has 2 aromatic rings. The van der Waals surface area contributed by atoms with Gasteiger partial charge in [0.05, 0.1) is 11.8 Å². The van der Waals surface area contributed by atoms with Crippen molar-refractivity contribution >= 4 is 5.69 Å². The molecule has 0 spiro atoms. The van der Waals surface area contributed by atoms with Crippen molar-refractivity contribution in [1.82, 2.24) is 4.98 Å². The summed E-state index contributed by atoms with van der Waals surface area (Å²) in [6, 6.07) is 9.49. The molecule has 0 amide bonds. The molecule has 0 aliphatic carbocycles. The van der Waals surface area contributed by atoms with Gasteiger partial charge in [-0.05, 0) is 45.4 Å². The number of hydrogen-bond acceptors (Lipinski definition) is 4. The Bertz CT molecular complexity index is 609. The van der Waals surface area contributed by atoms with Crippen molar-refractivity contribution in [3.8, 4) is 17.5 Å². The van der Waals surface area contributed by atoms with Gasteiger partial charge in [-0.15, -0.1) is 0 Å². The second-order valence-corrected chi connectivity index (χ2v) is 5.08. The third-order valence-corrected chi connectivity index (χ3v) is 2.76. The van der Waals surface area contributed by atoms with Gasteiger partial charge in [0.15, 0.2) is 0 Å². The zero-order chi connectivity index (χ0) is 14.7. The molecular formula is C16H20N2O2. The number of nitrogens with two attached hydrogens (primary N) is 1. The second-order valence-electron chi connectivity index (χ2n) is 5.08. The van der Waals surface area contributed by atoms with E-state index in [0.717, 1.165) is 11.3 Å². The number of nitrogen functional groups attached to an aromatic ring is 1. The lowest BCUT2D eigenvalue weighted by Gasteiger charge is -2.13.